The van der Waals surface area contributed by atoms with Gasteiger partial charge in [0.15, 0.2) is 0 Å². The van der Waals surface area contributed by atoms with Gasteiger partial charge in [0.25, 0.3) is 0 Å². The van der Waals surface area contributed by atoms with E-state index >= 15 is 0 Å². The van der Waals surface area contributed by atoms with E-state index in [0.717, 1.165) is 42.7 Å². The van der Waals surface area contributed by atoms with Crippen molar-refractivity contribution in [1.29, 1.82) is 5.26 Å². The fraction of sp³-hybridized carbons (Fsp3) is 0.250. The number of hydrogen-bond donors (Lipinski definition) is 1. The average Bonchev–Trinajstić information content (AvgIpc) is 3.24. The highest BCUT2D eigenvalue weighted by atomic mass is 35.5. The van der Waals surface area contributed by atoms with E-state index in [1.54, 1.807) is 6.07 Å². The van der Waals surface area contributed by atoms with Crippen LogP contribution in [0.25, 0.3) is 11.5 Å². The van der Waals surface area contributed by atoms with Crippen molar-refractivity contribution < 1.29 is 17.6 Å². The normalized spacial score (nSPS) is 10.7. The van der Waals surface area contributed by atoms with Crippen molar-refractivity contribution in [3.05, 3.63) is 64.5 Å². The zero-order chi connectivity index (χ0) is 21.4. The van der Waals surface area contributed by atoms with Crippen molar-refractivity contribution >= 4 is 17.3 Å². The molecule has 0 aliphatic heterocycles. The van der Waals surface area contributed by atoms with Crippen LogP contribution in [0.15, 0.2) is 47.2 Å². The van der Waals surface area contributed by atoms with Gasteiger partial charge < -0.3 is 9.73 Å². The van der Waals surface area contributed by atoms with E-state index in [2.05, 4.69) is 28.5 Å². The molecule has 1 N–H and O–H groups in total. The zero-order valence-corrected chi connectivity index (χ0v) is 16.5. The van der Waals surface area contributed by atoms with Crippen molar-refractivity contribution in [2.24, 2.45) is 0 Å². The summed E-state index contributed by atoms with van der Waals surface area (Å²) in [6, 6.07) is 10.2. The van der Waals surface area contributed by atoms with Gasteiger partial charge in [-0.2, -0.15) is 18.4 Å². The Bertz CT molecular complexity index is 965. The maximum Gasteiger partial charge on any atom is 0.416 e. The number of rotatable bonds is 4. The first-order chi connectivity index (χ1) is 13.8. The molecule has 0 spiro atoms. The Hall–Kier alpha value is -3.05. The maximum atomic E-state index is 12.2. The van der Waals surface area contributed by atoms with Crippen LogP contribution >= 0.6 is 11.6 Å². The number of nitrogens with one attached hydrogen (secondary N) is 1. The molecule has 9 heteroatoms. The first-order valence-corrected chi connectivity index (χ1v) is 9.02. The summed E-state index contributed by atoms with van der Waals surface area (Å²) in [5, 5.41) is 19.6. The van der Waals surface area contributed by atoms with Crippen LogP contribution in [0, 0.1) is 18.3 Å². The summed E-state index contributed by atoms with van der Waals surface area (Å²) in [7, 11) is 0. The minimum atomic E-state index is -4.33. The minimum absolute atomic E-state index is 0.198. The number of nitriles is 1. The van der Waals surface area contributed by atoms with Crippen molar-refractivity contribution in [2.45, 2.75) is 26.4 Å². The highest BCUT2D eigenvalue weighted by molar-refractivity contribution is 6.32. The van der Waals surface area contributed by atoms with Crippen molar-refractivity contribution in [2.75, 3.05) is 11.9 Å². The van der Waals surface area contributed by atoms with E-state index in [1.165, 1.54) is 12.1 Å². The van der Waals surface area contributed by atoms with E-state index < -0.39 is 11.7 Å². The van der Waals surface area contributed by atoms with E-state index in [-0.39, 0.29) is 5.89 Å². The molecule has 1 aromatic heterocycles. The Balaban J connectivity index is 0.000000208. The third-order valence-electron chi connectivity index (χ3n) is 3.89. The largest absolute Gasteiger partial charge is 0.423 e. The molecule has 0 unspecified atom stereocenters. The molecule has 3 aromatic rings. The van der Waals surface area contributed by atoms with Gasteiger partial charge in [-0.25, -0.2) is 0 Å². The Morgan fingerprint density at radius 2 is 1.86 bits per heavy atom. The summed E-state index contributed by atoms with van der Waals surface area (Å²) in [5.41, 5.74) is 2.24. The molecule has 1 heterocycles. The van der Waals surface area contributed by atoms with Gasteiger partial charge in [-0.1, -0.05) is 18.5 Å². The molecule has 3 rings (SSSR count). The van der Waals surface area contributed by atoms with Gasteiger partial charge >= 0.3 is 6.18 Å². The summed E-state index contributed by atoms with van der Waals surface area (Å²) in [4.78, 5) is 0. The molecular weight excluding hydrogens is 405 g/mol. The lowest BCUT2D eigenvalue weighted by Crippen LogP contribution is -2.03. The average molecular weight is 423 g/mol. The third-order valence-corrected chi connectivity index (χ3v) is 4.38. The van der Waals surface area contributed by atoms with Gasteiger partial charge in [-0.3, -0.25) is 0 Å². The van der Waals surface area contributed by atoms with E-state index in [4.69, 9.17) is 21.3 Å². The van der Waals surface area contributed by atoms with Gasteiger partial charge in [-0.05, 0) is 55.3 Å². The van der Waals surface area contributed by atoms with E-state index in [1.807, 2.05) is 13.0 Å². The molecule has 5 nitrogen and oxygen atoms in total. The summed E-state index contributed by atoms with van der Waals surface area (Å²) in [5.74, 6) is 0.198. The fourth-order valence-electron chi connectivity index (χ4n) is 2.32. The lowest BCUT2D eigenvalue weighted by atomic mass is 10.1. The number of alkyl halides is 3. The molecule has 152 valence electrons. The monoisotopic (exact) mass is 422 g/mol. The minimum Gasteiger partial charge on any atom is -0.423 e. The molecule has 0 saturated carbocycles. The van der Waals surface area contributed by atoms with E-state index in [0.29, 0.717) is 16.1 Å². The fourth-order valence-corrected chi connectivity index (χ4v) is 2.53. The molecule has 0 radical (unpaired) electrons. The summed E-state index contributed by atoms with van der Waals surface area (Å²) >= 11 is 6.01. The quantitative estimate of drug-likeness (QED) is 0.550. The van der Waals surface area contributed by atoms with Gasteiger partial charge in [0.05, 0.1) is 16.1 Å². The van der Waals surface area contributed by atoms with Gasteiger partial charge in [0, 0.05) is 17.8 Å². The number of hydrogen-bond acceptors (Lipinski definition) is 5. The Labute approximate surface area is 171 Å². The number of benzene rings is 2. The lowest BCUT2D eigenvalue weighted by Gasteiger charge is -2.10. The molecular formula is C20H18ClF3N4O. The van der Waals surface area contributed by atoms with Gasteiger partial charge in [0.1, 0.15) is 6.07 Å². The Morgan fingerprint density at radius 1 is 1.17 bits per heavy atom. The predicted molar refractivity (Wildman–Crippen MR) is 104 cm³/mol. The molecule has 0 aliphatic carbocycles. The second-order valence-electron chi connectivity index (χ2n) is 5.96. The molecule has 0 amide bonds. The topological polar surface area (TPSA) is 74.7 Å². The predicted octanol–water partition coefficient (Wildman–Crippen LogP) is 6.10. The van der Waals surface area contributed by atoms with Crippen LogP contribution in [-0.4, -0.2) is 16.7 Å². The molecule has 0 fully saturated rings. The molecule has 0 bridgehead atoms. The second-order valence-corrected chi connectivity index (χ2v) is 6.34. The number of anilines is 1. The highest BCUT2D eigenvalue weighted by Crippen LogP contribution is 2.30. The lowest BCUT2D eigenvalue weighted by molar-refractivity contribution is -0.137. The van der Waals surface area contributed by atoms with Crippen LogP contribution in [0.3, 0.4) is 0 Å². The zero-order valence-electron chi connectivity index (χ0n) is 15.7. The van der Waals surface area contributed by atoms with Crippen LogP contribution in [0.5, 0.6) is 0 Å². The van der Waals surface area contributed by atoms with Crippen molar-refractivity contribution in [3.63, 3.8) is 0 Å². The second kappa shape index (κ2) is 9.94. The van der Waals surface area contributed by atoms with Crippen LogP contribution in [0.1, 0.15) is 30.0 Å². The summed E-state index contributed by atoms with van der Waals surface area (Å²) < 4.78 is 41.5. The summed E-state index contributed by atoms with van der Waals surface area (Å²) in [6.45, 7) is 4.94. The first-order valence-electron chi connectivity index (χ1n) is 8.64. The van der Waals surface area contributed by atoms with Crippen molar-refractivity contribution in [3.8, 4) is 17.5 Å². The van der Waals surface area contributed by atoms with Gasteiger partial charge in [0.2, 0.25) is 12.3 Å². The SMILES string of the molecule is CCCNc1ccc(C#N)c(Cl)c1C.FC(F)(F)c1ccc(-c2nnco2)cc1. The molecule has 2 aromatic carbocycles. The Kier molecular flexibility index (Phi) is 7.62. The number of aromatic nitrogens is 2. The molecule has 0 atom stereocenters. The van der Waals surface area contributed by atoms with Crippen LogP contribution in [-0.2, 0) is 6.18 Å². The first kappa shape index (κ1) is 22.2. The van der Waals surface area contributed by atoms with Crippen LogP contribution in [0.4, 0.5) is 18.9 Å². The molecule has 29 heavy (non-hydrogen) atoms. The smallest absolute Gasteiger partial charge is 0.416 e. The van der Waals surface area contributed by atoms with Crippen LogP contribution in [0.2, 0.25) is 5.02 Å². The van der Waals surface area contributed by atoms with Crippen LogP contribution < -0.4 is 5.32 Å². The van der Waals surface area contributed by atoms with Crippen molar-refractivity contribution in [1.82, 2.24) is 10.2 Å². The molecule has 0 saturated heterocycles. The highest BCUT2D eigenvalue weighted by Gasteiger charge is 2.30. The van der Waals surface area contributed by atoms with Gasteiger partial charge in [-0.15, -0.1) is 10.2 Å². The third kappa shape index (κ3) is 5.96. The number of halogens is 4. The molecule has 0 aliphatic rings. The Morgan fingerprint density at radius 3 is 2.38 bits per heavy atom. The number of nitrogens with zero attached hydrogens (tertiary/aromatic N) is 3. The van der Waals surface area contributed by atoms with E-state index in [9.17, 15) is 13.2 Å². The summed E-state index contributed by atoms with van der Waals surface area (Å²) in [6.07, 6.45) is -2.14. The standard InChI is InChI=1S/C11H13ClN2.C9H5F3N2O/c1-3-6-14-10-5-4-9(7-13)11(12)8(10)2;10-9(11,12)7-3-1-6(2-4-7)8-14-13-5-15-8/h4-5,14H,3,6H2,1-2H3;1-5H. The maximum absolute atomic E-state index is 12.2.